The van der Waals surface area contributed by atoms with Gasteiger partial charge in [-0.3, -0.25) is 0 Å². The SMILES string of the molecule is COc1ccccc1C=C(C(=O)OC/C(O)=C(\C#N)c1nc2ccccc2[nH]1)c1ccccc1. The first kappa shape index (κ1) is 22.4. The number of rotatable bonds is 7. The standard InChI is InChI=1S/C27H21N3O4/c1-33-25-14-8-5-11-19(25)15-20(18-9-3-2-4-10-18)27(32)34-17-24(31)21(16-28)26-29-22-12-6-7-13-23(22)30-26/h2-15,31H,17H2,1H3,(H,29,30)/b20-15?,24-21-. The predicted octanol–water partition coefficient (Wildman–Crippen LogP) is 5.15. The van der Waals surface area contributed by atoms with E-state index in [0.717, 1.165) is 5.52 Å². The van der Waals surface area contributed by atoms with Gasteiger partial charge >= 0.3 is 5.97 Å². The fourth-order valence-electron chi connectivity index (χ4n) is 3.43. The Bertz CT molecular complexity index is 1400. The summed E-state index contributed by atoms with van der Waals surface area (Å²) in [5.74, 6) is -0.265. The minimum atomic E-state index is -0.662. The van der Waals surface area contributed by atoms with Crippen LogP contribution in [0.2, 0.25) is 0 Å². The Morgan fingerprint density at radius 3 is 2.50 bits per heavy atom. The third kappa shape index (κ3) is 4.81. The number of esters is 1. The van der Waals surface area contributed by atoms with Gasteiger partial charge in [-0.2, -0.15) is 5.26 Å². The summed E-state index contributed by atoms with van der Waals surface area (Å²) in [4.78, 5) is 20.4. The quantitative estimate of drug-likeness (QED) is 0.132. The number of aliphatic hydroxyl groups excluding tert-OH is 1. The molecule has 168 valence electrons. The number of hydrogen-bond acceptors (Lipinski definition) is 6. The molecule has 0 bridgehead atoms. The Morgan fingerprint density at radius 2 is 1.76 bits per heavy atom. The van der Waals surface area contributed by atoms with Gasteiger partial charge in [-0.05, 0) is 29.8 Å². The molecule has 3 aromatic carbocycles. The number of carbonyl (C=O) groups is 1. The van der Waals surface area contributed by atoms with Crippen molar-refractivity contribution in [1.29, 1.82) is 5.26 Å². The van der Waals surface area contributed by atoms with Crippen LogP contribution in [-0.4, -0.2) is 34.8 Å². The molecule has 0 fully saturated rings. The smallest absolute Gasteiger partial charge is 0.339 e. The molecule has 0 aliphatic heterocycles. The van der Waals surface area contributed by atoms with E-state index in [4.69, 9.17) is 9.47 Å². The third-order valence-electron chi connectivity index (χ3n) is 5.11. The Morgan fingerprint density at radius 1 is 1.06 bits per heavy atom. The first-order valence-corrected chi connectivity index (χ1v) is 10.5. The Balaban J connectivity index is 1.62. The molecule has 4 rings (SSSR count). The molecule has 0 radical (unpaired) electrons. The summed E-state index contributed by atoms with van der Waals surface area (Å²) >= 11 is 0. The summed E-state index contributed by atoms with van der Waals surface area (Å²) in [6.45, 7) is -0.491. The van der Waals surface area contributed by atoms with Crippen molar-refractivity contribution in [1.82, 2.24) is 9.97 Å². The molecular formula is C27H21N3O4. The number of allylic oxidation sites excluding steroid dienone is 1. The zero-order valence-corrected chi connectivity index (χ0v) is 18.4. The largest absolute Gasteiger partial charge is 0.507 e. The lowest BCUT2D eigenvalue weighted by atomic mass is 10.0. The summed E-state index contributed by atoms with van der Waals surface area (Å²) in [6, 6.07) is 25.5. The van der Waals surface area contributed by atoms with Gasteiger partial charge < -0.3 is 19.6 Å². The van der Waals surface area contributed by atoms with Crippen molar-refractivity contribution < 1.29 is 19.4 Å². The highest BCUT2D eigenvalue weighted by Gasteiger charge is 2.18. The first-order chi connectivity index (χ1) is 16.6. The van der Waals surface area contributed by atoms with Crippen molar-refractivity contribution in [2.24, 2.45) is 0 Å². The molecule has 0 atom stereocenters. The molecule has 34 heavy (non-hydrogen) atoms. The van der Waals surface area contributed by atoms with E-state index in [1.807, 2.05) is 60.7 Å². The summed E-state index contributed by atoms with van der Waals surface area (Å²) < 4.78 is 10.8. The summed E-state index contributed by atoms with van der Waals surface area (Å²) in [5.41, 5.74) is 2.89. The molecule has 0 aliphatic rings. The fourth-order valence-corrected chi connectivity index (χ4v) is 3.43. The molecule has 0 aliphatic carbocycles. The highest BCUT2D eigenvalue weighted by Crippen LogP contribution is 2.26. The molecule has 0 amide bonds. The van der Waals surface area contributed by atoms with Crippen LogP contribution in [-0.2, 0) is 9.53 Å². The molecule has 1 heterocycles. The number of fused-ring (bicyclic) bond motifs is 1. The molecule has 4 aromatic rings. The second kappa shape index (κ2) is 10.2. The number of methoxy groups -OCH3 is 1. The van der Waals surface area contributed by atoms with E-state index >= 15 is 0 Å². The van der Waals surface area contributed by atoms with E-state index in [2.05, 4.69) is 9.97 Å². The van der Waals surface area contributed by atoms with Crippen LogP contribution in [0.1, 0.15) is 17.0 Å². The van der Waals surface area contributed by atoms with Crippen LogP contribution in [0.15, 0.2) is 84.6 Å². The molecule has 0 saturated carbocycles. The van der Waals surface area contributed by atoms with Crippen LogP contribution in [0.5, 0.6) is 5.75 Å². The van der Waals surface area contributed by atoms with Crippen molar-refractivity contribution in [3.05, 3.63) is 102 Å². The number of nitrogens with zero attached hydrogens (tertiary/aromatic N) is 2. The minimum Gasteiger partial charge on any atom is -0.507 e. The van der Waals surface area contributed by atoms with Gasteiger partial charge in [0.25, 0.3) is 0 Å². The zero-order valence-electron chi connectivity index (χ0n) is 18.4. The van der Waals surface area contributed by atoms with E-state index < -0.39 is 18.3 Å². The normalized spacial score (nSPS) is 12.1. The molecule has 2 N–H and O–H groups in total. The number of aromatic amines is 1. The number of imidazole rings is 1. The third-order valence-corrected chi connectivity index (χ3v) is 5.11. The molecule has 7 nitrogen and oxygen atoms in total. The molecular weight excluding hydrogens is 430 g/mol. The van der Waals surface area contributed by atoms with Crippen LogP contribution in [0.3, 0.4) is 0 Å². The minimum absolute atomic E-state index is 0.0982. The zero-order chi connectivity index (χ0) is 23.9. The number of benzene rings is 3. The van der Waals surface area contributed by atoms with E-state index in [9.17, 15) is 15.2 Å². The second-order valence-corrected chi connectivity index (χ2v) is 7.28. The van der Waals surface area contributed by atoms with E-state index in [1.54, 1.807) is 37.5 Å². The average molecular weight is 451 g/mol. The molecule has 0 unspecified atom stereocenters. The maximum Gasteiger partial charge on any atom is 0.339 e. The summed E-state index contributed by atoms with van der Waals surface area (Å²) in [7, 11) is 1.55. The number of nitrogens with one attached hydrogen (secondary N) is 1. The Hall–Kier alpha value is -4.83. The fraction of sp³-hybridized carbons (Fsp3) is 0.0741. The lowest BCUT2D eigenvalue weighted by Crippen LogP contribution is -2.11. The van der Waals surface area contributed by atoms with Crippen LogP contribution in [0.25, 0.3) is 28.3 Å². The van der Waals surface area contributed by atoms with Gasteiger partial charge in [0, 0.05) is 5.56 Å². The molecule has 7 heteroatoms. The van der Waals surface area contributed by atoms with Gasteiger partial charge in [-0.25, -0.2) is 9.78 Å². The van der Waals surface area contributed by atoms with Crippen LogP contribution >= 0.6 is 0 Å². The summed E-state index contributed by atoms with van der Waals surface area (Å²) in [6.07, 6.45) is 1.67. The average Bonchev–Trinajstić information content (AvgIpc) is 3.30. The molecule has 1 aromatic heterocycles. The van der Waals surface area contributed by atoms with Crippen LogP contribution < -0.4 is 4.74 Å². The van der Waals surface area contributed by atoms with Crippen LogP contribution in [0, 0.1) is 11.3 Å². The predicted molar refractivity (Wildman–Crippen MR) is 130 cm³/mol. The van der Waals surface area contributed by atoms with Crippen molar-refractivity contribution in [3.8, 4) is 11.8 Å². The number of carbonyl (C=O) groups excluding carboxylic acids is 1. The van der Waals surface area contributed by atoms with Crippen molar-refractivity contribution in [2.75, 3.05) is 13.7 Å². The molecule has 0 spiro atoms. The lowest BCUT2D eigenvalue weighted by Gasteiger charge is -2.11. The van der Waals surface area contributed by atoms with Gasteiger partial charge in [-0.1, -0.05) is 60.7 Å². The Kier molecular flexibility index (Phi) is 6.70. The number of ether oxygens (including phenoxy) is 2. The lowest BCUT2D eigenvalue weighted by molar-refractivity contribution is -0.136. The highest BCUT2D eigenvalue weighted by molar-refractivity contribution is 6.21. The number of H-pyrrole nitrogens is 1. The number of aliphatic hydroxyl groups is 1. The number of hydrogen-bond donors (Lipinski definition) is 2. The van der Waals surface area contributed by atoms with E-state index in [1.165, 1.54) is 0 Å². The van der Waals surface area contributed by atoms with E-state index in [-0.39, 0.29) is 17.0 Å². The maximum absolute atomic E-state index is 13.1. The number of aromatic nitrogens is 2. The number of para-hydroxylation sites is 3. The van der Waals surface area contributed by atoms with Gasteiger partial charge in [0.05, 0.1) is 23.7 Å². The van der Waals surface area contributed by atoms with Crippen molar-refractivity contribution in [2.45, 2.75) is 0 Å². The molecule has 0 saturated heterocycles. The first-order valence-electron chi connectivity index (χ1n) is 10.5. The van der Waals surface area contributed by atoms with Crippen LogP contribution in [0.4, 0.5) is 0 Å². The van der Waals surface area contributed by atoms with Gasteiger partial charge in [0.1, 0.15) is 24.0 Å². The van der Waals surface area contributed by atoms with Gasteiger partial charge in [0.2, 0.25) is 0 Å². The topological polar surface area (TPSA) is 108 Å². The van der Waals surface area contributed by atoms with E-state index in [0.29, 0.717) is 22.4 Å². The monoisotopic (exact) mass is 451 g/mol. The second-order valence-electron chi connectivity index (χ2n) is 7.28. The van der Waals surface area contributed by atoms with Crippen molar-refractivity contribution >= 4 is 34.2 Å². The Labute approximate surface area is 196 Å². The summed E-state index contributed by atoms with van der Waals surface area (Å²) in [5, 5.41) is 20.1. The van der Waals surface area contributed by atoms with Gasteiger partial charge in [0.15, 0.2) is 11.6 Å². The highest BCUT2D eigenvalue weighted by atomic mass is 16.5. The number of nitriles is 1. The van der Waals surface area contributed by atoms with Gasteiger partial charge in [-0.15, -0.1) is 0 Å². The van der Waals surface area contributed by atoms with Crippen molar-refractivity contribution in [3.63, 3.8) is 0 Å². The maximum atomic E-state index is 13.1.